The van der Waals surface area contributed by atoms with E-state index in [2.05, 4.69) is 40.9 Å². The average molecular weight is 420 g/mol. The van der Waals surface area contributed by atoms with Crippen LogP contribution in [0.1, 0.15) is 22.8 Å². The van der Waals surface area contributed by atoms with E-state index in [1.165, 1.54) is 0 Å². The minimum absolute atomic E-state index is 0.234. The maximum absolute atomic E-state index is 12.3. The maximum Gasteiger partial charge on any atom is 0.257 e. The third-order valence-corrected chi connectivity index (χ3v) is 4.09. The van der Waals surface area contributed by atoms with Gasteiger partial charge in [0.1, 0.15) is 0 Å². The molecule has 0 saturated heterocycles. The zero-order valence-corrected chi connectivity index (χ0v) is 14.4. The van der Waals surface area contributed by atoms with Crippen molar-refractivity contribution in [3.05, 3.63) is 61.1 Å². The average Bonchev–Trinajstić information content (AvgIpc) is 2.40. The molecular weight excluding hydrogens is 408 g/mol. The molecule has 0 aromatic heterocycles. The van der Waals surface area contributed by atoms with Crippen molar-refractivity contribution in [1.82, 2.24) is 0 Å². The molecule has 0 aliphatic rings. The second-order valence-electron chi connectivity index (χ2n) is 4.23. The van der Waals surface area contributed by atoms with Gasteiger partial charge in [0.2, 0.25) is 0 Å². The van der Waals surface area contributed by atoms with Crippen molar-refractivity contribution in [2.24, 2.45) is 0 Å². The molecule has 2 nitrogen and oxygen atoms in total. The third kappa shape index (κ3) is 3.65. The van der Waals surface area contributed by atoms with Gasteiger partial charge >= 0.3 is 0 Å². The quantitative estimate of drug-likeness (QED) is 0.662. The highest BCUT2D eigenvalue weighted by Crippen LogP contribution is 2.24. The van der Waals surface area contributed by atoms with Gasteiger partial charge in [-0.2, -0.15) is 0 Å². The summed E-state index contributed by atoms with van der Waals surface area (Å²) in [5.41, 5.74) is 2.32. The molecule has 2 aromatic carbocycles. The van der Waals surface area contributed by atoms with E-state index in [-0.39, 0.29) is 5.91 Å². The highest BCUT2D eigenvalue weighted by molar-refractivity contribution is 14.1. The van der Waals surface area contributed by atoms with Crippen LogP contribution in [0.5, 0.6) is 0 Å². The lowest BCUT2D eigenvalue weighted by atomic mass is 10.1. The highest BCUT2D eigenvalue weighted by Gasteiger charge is 2.12. The van der Waals surface area contributed by atoms with Crippen molar-refractivity contribution in [3.8, 4) is 0 Å². The van der Waals surface area contributed by atoms with Crippen LogP contribution in [0.3, 0.4) is 0 Å². The zero-order chi connectivity index (χ0) is 14.7. The van der Waals surface area contributed by atoms with Gasteiger partial charge in [-0.25, -0.2) is 0 Å². The smallest absolute Gasteiger partial charge is 0.257 e. The Morgan fingerprint density at radius 2 is 1.95 bits per heavy atom. The molecule has 0 saturated carbocycles. The molecule has 0 heterocycles. The second-order valence-corrected chi connectivity index (χ2v) is 6.32. The van der Waals surface area contributed by atoms with E-state index in [9.17, 15) is 4.79 Å². The fraction of sp³-hybridized carbons (Fsp3) is 0.133. The summed E-state index contributed by atoms with van der Waals surface area (Å²) in [5, 5.41) is 3.75. The lowest BCUT2D eigenvalue weighted by molar-refractivity contribution is 0.102. The minimum Gasteiger partial charge on any atom is -0.322 e. The summed E-state index contributed by atoms with van der Waals surface area (Å²) < 4.78 is 1.14. The number of rotatable bonds is 3. The van der Waals surface area contributed by atoms with Crippen molar-refractivity contribution >= 4 is 57.4 Å². The molecule has 0 fully saturated rings. The minimum atomic E-state index is -0.234. The van der Waals surface area contributed by atoms with Gasteiger partial charge in [-0.05, 0) is 71.0 Å². The molecule has 0 bridgehead atoms. The van der Waals surface area contributed by atoms with Crippen molar-refractivity contribution in [2.45, 2.75) is 13.3 Å². The van der Waals surface area contributed by atoms with Crippen LogP contribution >= 0.6 is 45.8 Å². The summed E-state index contributed by atoms with van der Waals surface area (Å²) in [6.45, 7) is 2.05. The van der Waals surface area contributed by atoms with Gasteiger partial charge in [0.15, 0.2) is 0 Å². The Kier molecular flexibility index (Phi) is 5.29. The van der Waals surface area contributed by atoms with Gasteiger partial charge in [0.25, 0.3) is 5.91 Å². The van der Waals surface area contributed by atoms with E-state index in [0.717, 1.165) is 21.2 Å². The number of amides is 1. The first-order valence-corrected chi connectivity index (χ1v) is 7.89. The molecule has 104 valence electrons. The fourth-order valence-electron chi connectivity index (χ4n) is 1.84. The maximum atomic E-state index is 12.3. The number of carbonyl (C=O) groups is 1. The van der Waals surface area contributed by atoms with E-state index >= 15 is 0 Å². The van der Waals surface area contributed by atoms with Crippen LogP contribution in [0, 0.1) is 3.57 Å². The van der Waals surface area contributed by atoms with E-state index < -0.39 is 0 Å². The van der Waals surface area contributed by atoms with Gasteiger partial charge in [-0.1, -0.05) is 30.1 Å². The van der Waals surface area contributed by atoms with E-state index in [1.807, 2.05) is 12.1 Å². The number of benzene rings is 2. The molecule has 5 heteroatoms. The number of anilines is 1. The predicted molar refractivity (Wildman–Crippen MR) is 93.0 cm³/mol. The summed E-state index contributed by atoms with van der Waals surface area (Å²) in [5.74, 6) is -0.234. The van der Waals surface area contributed by atoms with Gasteiger partial charge < -0.3 is 5.32 Å². The Labute approximate surface area is 141 Å². The van der Waals surface area contributed by atoms with Crippen LogP contribution in [-0.4, -0.2) is 5.91 Å². The zero-order valence-electron chi connectivity index (χ0n) is 10.7. The van der Waals surface area contributed by atoms with E-state index in [0.29, 0.717) is 15.6 Å². The van der Waals surface area contributed by atoms with Gasteiger partial charge in [-0.15, -0.1) is 0 Å². The van der Waals surface area contributed by atoms with Gasteiger partial charge in [0, 0.05) is 14.3 Å². The molecule has 1 amide bonds. The number of carbonyl (C=O) groups excluding carboxylic acids is 1. The largest absolute Gasteiger partial charge is 0.322 e. The highest BCUT2D eigenvalue weighted by atomic mass is 127. The van der Waals surface area contributed by atoms with Crippen LogP contribution in [0.15, 0.2) is 36.4 Å². The Balaban J connectivity index is 2.28. The second kappa shape index (κ2) is 6.78. The first kappa shape index (κ1) is 15.6. The normalized spacial score (nSPS) is 10.4. The summed E-state index contributed by atoms with van der Waals surface area (Å²) >= 11 is 14.1. The molecule has 0 aliphatic heterocycles. The number of aryl methyl sites for hydroxylation is 1. The summed E-state index contributed by atoms with van der Waals surface area (Å²) in [7, 11) is 0. The van der Waals surface area contributed by atoms with E-state index in [1.54, 1.807) is 18.2 Å². The topological polar surface area (TPSA) is 29.1 Å². The molecule has 0 spiro atoms. The summed E-state index contributed by atoms with van der Waals surface area (Å²) in [6, 6.07) is 10.8. The first-order valence-electron chi connectivity index (χ1n) is 6.06. The lowest BCUT2D eigenvalue weighted by Gasteiger charge is -2.11. The molecule has 20 heavy (non-hydrogen) atoms. The van der Waals surface area contributed by atoms with E-state index in [4.69, 9.17) is 23.2 Å². The monoisotopic (exact) mass is 419 g/mol. The summed E-state index contributed by atoms with van der Waals surface area (Å²) in [4.78, 5) is 12.3. The SMILES string of the molecule is CCc1cc(I)ccc1NC(=O)c1ccc(Cl)cc1Cl. The predicted octanol–water partition coefficient (Wildman–Crippen LogP) is 5.41. The molecule has 2 rings (SSSR count). The Morgan fingerprint density at radius 1 is 1.20 bits per heavy atom. The van der Waals surface area contributed by atoms with Crippen molar-refractivity contribution in [3.63, 3.8) is 0 Å². The molecule has 0 atom stereocenters. The summed E-state index contributed by atoms with van der Waals surface area (Å²) in [6.07, 6.45) is 0.848. The van der Waals surface area contributed by atoms with Crippen molar-refractivity contribution in [1.29, 1.82) is 0 Å². The molecule has 0 radical (unpaired) electrons. The van der Waals surface area contributed by atoms with Crippen molar-refractivity contribution in [2.75, 3.05) is 5.32 Å². The van der Waals surface area contributed by atoms with Crippen molar-refractivity contribution < 1.29 is 4.79 Å². The standard InChI is InChI=1S/C15H12Cl2INO/c1-2-9-7-11(18)4-6-14(9)19-15(20)12-5-3-10(16)8-13(12)17/h3-8H,2H2,1H3,(H,19,20). The van der Waals surface area contributed by atoms with Crippen LogP contribution in [0.25, 0.3) is 0 Å². The fourth-order valence-corrected chi connectivity index (χ4v) is 2.89. The molecular formula is C15H12Cl2INO. The molecule has 0 aliphatic carbocycles. The van der Waals surface area contributed by atoms with Crippen LogP contribution < -0.4 is 5.32 Å². The molecule has 0 unspecified atom stereocenters. The Bertz CT molecular complexity index is 658. The molecule has 2 aromatic rings. The first-order chi connectivity index (χ1) is 9.51. The number of nitrogens with one attached hydrogen (secondary N) is 1. The van der Waals surface area contributed by atoms with Crippen LogP contribution in [-0.2, 0) is 6.42 Å². The number of hydrogen-bond acceptors (Lipinski definition) is 1. The van der Waals surface area contributed by atoms with Crippen LogP contribution in [0.4, 0.5) is 5.69 Å². The van der Waals surface area contributed by atoms with Gasteiger partial charge in [0.05, 0.1) is 10.6 Å². The third-order valence-electron chi connectivity index (χ3n) is 2.87. The number of halogens is 3. The molecule has 1 N–H and O–H groups in total. The lowest BCUT2D eigenvalue weighted by Crippen LogP contribution is -2.13. The Hall–Kier alpha value is -0.780. The Morgan fingerprint density at radius 3 is 2.60 bits per heavy atom. The number of hydrogen-bond donors (Lipinski definition) is 1. The van der Waals surface area contributed by atoms with Crippen LogP contribution in [0.2, 0.25) is 10.0 Å². The van der Waals surface area contributed by atoms with Gasteiger partial charge in [-0.3, -0.25) is 4.79 Å².